The van der Waals surface area contributed by atoms with Gasteiger partial charge in [0.15, 0.2) is 0 Å². The lowest BCUT2D eigenvalue weighted by Crippen LogP contribution is -2.44. The van der Waals surface area contributed by atoms with E-state index in [1.54, 1.807) is 7.11 Å². The van der Waals surface area contributed by atoms with Crippen LogP contribution in [0.15, 0.2) is 24.3 Å². The Hall–Kier alpha value is -1.63. The minimum absolute atomic E-state index is 0.303. The summed E-state index contributed by atoms with van der Waals surface area (Å²) in [4.78, 5) is 20.0. The second kappa shape index (κ2) is 9.67. The number of amides is 1. The number of methoxy groups -OCH3 is 1. The number of ether oxygens (including phenoxy) is 2. The average Bonchev–Trinajstić information content (AvgIpc) is 3.07. The standard InChI is InChI=1S/C24H37N3O3/c1-25-19-24(17-21(25)18-26-13-15-30-16-14-26)9-11-27(12-10-24)23(28)8-5-20-3-6-22(29-2)7-4-20/h3-4,6-7,21H,5,8-19H2,1-2H3/t21-/m1/s1. The van der Waals surface area contributed by atoms with E-state index < -0.39 is 0 Å². The molecule has 3 heterocycles. The SMILES string of the molecule is COc1ccc(CCC(=O)N2CCC3(CC2)C[C@H](CN2CCOCC2)N(C)C3)cc1. The topological polar surface area (TPSA) is 45.3 Å². The van der Waals surface area contributed by atoms with Crippen LogP contribution in [0.2, 0.25) is 0 Å². The van der Waals surface area contributed by atoms with Crippen LogP contribution in [0.3, 0.4) is 0 Å². The van der Waals surface area contributed by atoms with Crippen LogP contribution in [0, 0.1) is 5.41 Å². The molecular formula is C24H37N3O3. The fourth-order valence-electron chi connectivity index (χ4n) is 5.46. The van der Waals surface area contributed by atoms with Gasteiger partial charge in [-0.15, -0.1) is 0 Å². The van der Waals surface area contributed by atoms with E-state index in [0.717, 1.165) is 70.9 Å². The summed E-state index contributed by atoms with van der Waals surface area (Å²) in [5, 5.41) is 0. The van der Waals surface area contributed by atoms with Gasteiger partial charge < -0.3 is 19.3 Å². The van der Waals surface area contributed by atoms with Crippen molar-refractivity contribution in [3.05, 3.63) is 29.8 Å². The fourth-order valence-corrected chi connectivity index (χ4v) is 5.46. The van der Waals surface area contributed by atoms with E-state index >= 15 is 0 Å². The smallest absolute Gasteiger partial charge is 0.222 e. The van der Waals surface area contributed by atoms with Crippen LogP contribution in [-0.4, -0.2) is 93.3 Å². The molecule has 0 radical (unpaired) electrons. The number of rotatable bonds is 6. The van der Waals surface area contributed by atoms with Crippen molar-refractivity contribution in [2.24, 2.45) is 5.41 Å². The van der Waals surface area contributed by atoms with E-state index in [1.165, 1.54) is 18.5 Å². The van der Waals surface area contributed by atoms with E-state index in [4.69, 9.17) is 9.47 Å². The molecule has 6 nitrogen and oxygen atoms in total. The number of likely N-dealkylation sites (tertiary alicyclic amines) is 2. The molecule has 6 heteroatoms. The second-order valence-electron chi connectivity index (χ2n) is 9.41. The molecule has 3 aliphatic heterocycles. The van der Waals surface area contributed by atoms with Crippen LogP contribution in [0.5, 0.6) is 5.75 Å². The molecule has 3 saturated heterocycles. The number of piperidine rings is 1. The van der Waals surface area contributed by atoms with Crippen molar-refractivity contribution < 1.29 is 14.3 Å². The first-order valence-electron chi connectivity index (χ1n) is 11.5. The van der Waals surface area contributed by atoms with Crippen molar-refractivity contribution in [1.82, 2.24) is 14.7 Å². The molecule has 166 valence electrons. The predicted octanol–water partition coefficient (Wildman–Crippen LogP) is 2.27. The number of nitrogens with zero attached hydrogens (tertiary/aromatic N) is 3. The molecule has 4 rings (SSSR count). The first-order valence-corrected chi connectivity index (χ1v) is 11.5. The summed E-state index contributed by atoms with van der Waals surface area (Å²) in [6.45, 7) is 8.03. The number of benzene rings is 1. The van der Waals surface area contributed by atoms with Gasteiger partial charge in [0.1, 0.15) is 5.75 Å². The Morgan fingerprint density at radius 1 is 1.13 bits per heavy atom. The van der Waals surface area contributed by atoms with Gasteiger partial charge in [-0.1, -0.05) is 12.1 Å². The Labute approximate surface area is 181 Å². The maximum Gasteiger partial charge on any atom is 0.222 e. The van der Waals surface area contributed by atoms with Crippen molar-refractivity contribution in [2.75, 3.05) is 66.6 Å². The summed E-state index contributed by atoms with van der Waals surface area (Å²) >= 11 is 0. The Balaban J connectivity index is 1.23. The van der Waals surface area contributed by atoms with Crippen LogP contribution in [0.25, 0.3) is 0 Å². The number of morpholine rings is 1. The highest BCUT2D eigenvalue weighted by molar-refractivity contribution is 5.76. The van der Waals surface area contributed by atoms with Gasteiger partial charge in [-0.2, -0.15) is 0 Å². The van der Waals surface area contributed by atoms with Crippen molar-refractivity contribution >= 4 is 5.91 Å². The fraction of sp³-hybridized carbons (Fsp3) is 0.708. The summed E-state index contributed by atoms with van der Waals surface area (Å²) in [7, 11) is 3.96. The molecule has 1 spiro atoms. The molecular weight excluding hydrogens is 378 g/mol. The first kappa shape index (κ1) is 21.6. The maximum atomic E-state index is 12.8. The third-order valence-electron chi connectivity index (χ3n) is 7.41. The molecule has 1 aromatic rings. The molecule has 1 amide bonds. The average molecular weight is 416 g/mol. The Kier molecular flexibility index (Phi) is 6.96. The van der Waals surface area contributed by atoms with Crippen LogP contribution in [0.4, 0.5) is 0 Å². The van der Waals surface area contributed by atoms with Gasteiger partial charge in [-0.25, -0.2) is 0 Å². The van der Waals surface area contributed by atoms with Crippen molar-refractivity contribution in [3.8, 4) is 5.75 Å². The van der Waals surface area contributed by atoms with Crippen LogP contribution < -0.4 is 4.74 Å². The van der Waals surface area contributed by atoms with Crippen molar-refractivity contribution in [3.63, 3.8) is 0 Å². The van der Waals surface area contributed by atoms with E-state index in [1.807, 2.05) is 12.1 Å². The van der Waals surface area contributed by atoms with Crippen LogP contribution in [-0.2, 0) is 16.0 Å². The maximum absolute atomic E-state index is 12.8. The zero-order valence-corrected chi connectivity index (χ0v) is 18.6. The Morgan fingerprint density at radius 3 is 2.50 bits per heavy atom. The minimum Gasteiger partial charge on any atom is -0.497 e. The lowest BCUT2D eigenvalue weighted by molar-refractivity contribution is -0.133. The monoisotopic (exact) mass is 415 g/mol. The quantitative estimate of drug-likeness (QED) is 0.713. The molecule has 0 N–H and O–H groups in total. The molecule has 0 saturated carbocycles. The lowest BCUT2D eigenvalue weighted by atomic mass is 9.76. The van der Waals surface area contributed by atoms with Gasteiger partial charge in [-0.3, -0.25) is 9.69 Å². The van der Waals surface area contributed by atoms with Crippen molar-refractivity contribution in [1.29, 1.82) is 0 Å². The normalized spacial score (nSPS) is 25.0. The number of likely N-dealkylation sites (N-methyl/N-ethyl adjacent to an activating group) is 1. The summed E-state index contributed by atoms with van der Waals surface area (Å²) in [5.74, 6) is 1.16. The predicted molar refractivity (Wildman–Crippen MR) is 118 cm³/mol. The highest BCUT2D eigenvalue weighted by Gasteiger charge is 2.45. The van der Waals surface area contributed by atoms with E-state index in [0.29, 0.717) is 23.8 Å². The van der Waals surface area contributed by atoms with Crippen LogP contribution in [0.1, 0.15) is 31.2 Å². The second-order valence-corrected chi connectivity index (χ2v) is 9.41. The number of carbonyl (C=O) groups is 1. The van der Waals surface area contributed by atoms with Gasteiger partial charge in [0.05, 0.1) is 20.3 Å². The highest BCUT2D eigenvalue weighted by Crippen LogP contribution is 2.43. The molecule has 1 atom stereocenters. The first-order chi connectivity index (χ1) is 14.6. The number of hydrogen-bond acceptors (Lipinski definition) is 5. The summed E-state index contributed by atoms with van der Waals surface area (Å²) < 4.78 is 10.7. The Bertz CT molecular complexity index is 694. The van der Waals surface area contributed by atoms with Gasteiger partial charge in [0.2, 0.25) is 5.91 Å². The molecule has 1 aromatic carbocycles. The van der Waals surface area contributed by atoms with Gasteiger partial charge in [-0.05, 0) is 55.8 Å². The van der Waals surface area contributed by atoms with E-state index in [-0.39, 0.29) is 0 Å². The number of aryl methyl sites for hydroxylation is 1. The molecule has 3 fully saturated rings. The summed E-state index contributed by atoms with van der Waals surface area (Å²) in [6, 6.07) is 8.68. The Morgan fingerprint density at radius 2 is 1.83 bits per heavy atom. The van der Waals surface area contributed by atoms with Gasteiger partial charge >= 0.3 is 0 Å². The summed E-state index contributed by atoms with van der Waals surface area (Å²) in [5.41, 5.74) is 1.60. The van der Waals surface area contributed by atoms with Gasteiger partial charge in [0.25, 0.3) is 0 Å². The third-order valence-corrected chi connectivity index (χ3v) is 7.41. The molecule has 0 unspecified atom stereocenters. The number of carbonyl (C=O) groups excluding carboxylic acids is 1. The molecule has 0 aliphatic carbocycles. The largest absolute Gasteiger partial charge is 0.497 e. The zero-order valence-electron chi connectivity index (χ0n) is 18.6. The minimum atomic E-state index is 0.303. The molecule has 3 aliphatic rings. The van der Waals surface area contributed by atoms with E-state index in [9.17, 15) is 4.79 Å². The third kappa shape index (κ3) is 5.16. The molecule has 0 aromatic heterocycles. The zero-order chi connectivity index (χ0) is 21.0. The highest BCUT2D eigenvalue weighted by atomic mass is 16.5. The number of hydrogen-bond donors (Lipinski definition) is 0. The van der Waals surface area contributed by atoms with Crippen molar-refractivity contribution in [2.45, 2.75) is 38.1 Å². The van der Waals surface area contributed by atoms with Gasteiger partial charge in [0, 0.05) is 51.7 Å². The molecule has 30 heavy (non-hydrogen) atoms. The summed E-state index contributed by atoms with van der Waals surface area (Å²) in [6.07, 6.45) is 4.96. The van der Waals surface area contributed by atoms with E-state index in [2.05, 4.69) is 33.9 Å². The molecule has 0 bridgehead atoms. The lowest BCUT2D eigenvalue weighted by Gasteiger charge is -2.39. The van der Waals surface area contributed by atoms with Crippen LogP contribution >= 0.6 is 0 Å².